The molecule has 2 N–H and O–H groups in total. The van der Waals surface area contributed by atoms with Gasteiger partial charge in [0.25, 0.3) is 5.91 Å². The third-order valence-electron chi connectivity index (χ3n) is 3.82. The quantitative estimate of drug-likeness (QED) is 0.814. The number of hydrogen-bond donors (Lipinski definition) is 2. The lowest BCUT2D eigenvalue weighted by molar-refractivity contribution is -0.148. The van der Waals surface area contributed by atoms with Gasteiger partial charge in [-0.15, -0.1) is 11.8 Å². The summed E-state index contributed by atoms with van der Waals surface area (Å²) in [6.07, 6.45) is 4.48. The van der Waals surface area contributed by atoms with E-state index in [0.29, 0.717) is 30.1 Å². The SMILES string of the molecule is CCOC1=C(C(=O)NC2(C(=O)O)CCCCC2)SCC1. The number of hydrogen-bond acceptors (Lipinski definition) is 4. The monoisotopic (exact) mass is 299 g/mol. The Balaban J connectivity index is 2.12. The van der Waals surface area contributed by atoms with E-state index in [1.165, 1.54) is 11.8 Å². The molecule has 1 aliphatic heterocycles. The van der Waals surface area contributed by atoms with E-state index in [2.05, 4.69) is 5.32 Å². The molecule has 0 bridgehead atoms. The lowest BCUT2D eigenvalue weighted by Gasteiger charge is -2.34. The molecular weight excluding hydrogens is 278 g/mol. The predicted molar refractivity (Wildman–Crippen MR) is 77.3 cm³/mol. The first kappa shape index (κ1) is 15.2. The van der Waals surface area contributed by atoms with Crippen molar-refractivity contribution in [1.82, 2.24) is 5.32 Å². The summed E-state index contributed by atoms with van der Waals surface area (Å²) in [6.45, 7) is 2.40. The molecule has 20 heavy (non-hydrogen) atoms. The summed E-state index contributed by atoms with van der Waals surface area (Å²) in [5.74, 6) is 0.303. The van der Waals surface area contributed by atoms with Crippen molar-refractivity contribution in [2.45, 2.75) is 51.0 Å². The molecule has 5 nitrogen and oxygen atoms in total. The molecule has 0 aromatic rings. The number of carbonyl (C=O) groups is 2. The maximum absolute atomic E-state index is 12.4. The van der Waals surface area contributed by atoms with E-state index in [0.717, 1.165) is 31.4 Å². The van der Waals surface area contributed by atoms with E-state index in [1.54, 1.807) is 0 Å². The highest BCUT2D eigenvalue weighted by atomic mass is 32.2. The van der Waals surface area contributed by atoms with E-state index < -0.39 is 11.5 Å². The molecule has 2 aliphatic rings. The van der Waals surface area contributed by atoms with Crippen LogP contribution in [0.15, 0.2) is 10.7 Å². The summed E-state index contributed by atoms with van der Waals surface area (Å²) in [4.78, 5) is 24.5. The Morgan fingerprint density at radius 3 is 2.65 bits per heavy atom. The lowest BCUT2D eigenvalue weighted by Crippen LogP contribution is -2.55. The third-order valence-corrected chi connectivity index (χ3v) is 4.93. The number of ether oxygens (including phenoxy) is 1. The first-order chi connectivity index (χ1) is 9.59. The highest BCUT2D eigenvalue weighted by Crippen LogP contribution is 2.34. The number of rotatable bonds is 5. The summed E-state index contributed by atoms with van der Waals surface area (Å²) in [5.41, 5.74) is -1.09. The van der Waals surface area contributed by atoms with Gasteiger partial charge in [0.15, 0.2) is 0 Å². The molecule has 0 aromatic carbocycles. The molecule has 0 saturated heterocycles. The second kappa shape index (κ2) is 6.52. The van der Waals surface area contributed by atoms with Crippen molar-refractivity contribution in [2.75, 3.05) is 12.4 Å². The molecule has 0 aromatic heterocycles. The van der Waals surface area contributed by atoms with Crippen LogP contribution in [-0.2, 0) is 14.3 Å². The van der Waals surface area contributed by atoms with Crippen LogP contribution >= 0.6 is 11.8 Å². The maximum Gasteiger partial charge on any atom is 0.329 e. The second-order valence-corrected chi connectivity index (χ2v) is 6.29. The van der Waals surface area contributed by atoms with Gasteiger partial charge in [0.05, 0.1) is 6.61 Å². The van der Waals surface area contributed by atoms with Gasteiger partial charge in [-0.2, -0.15) is 0 Å². The van der Waals surface area contributed by atoms with E-state index in [4.69, 9.17) is 4.74 Å². The van der Waals surface area contributed by atoms with Crippen LogP contribution in [0.25, 0.3) is 0 Å². The van der Waals surface area contributed by atoms with Crippen molar-refractivity contribution in [1.29, 1.82) is 0 Å². The Hall–Kier alpha value is -1.17. The smallest absolute Gasteiger partial charge is 0.329 e. The highest BCUT2D eigenvalue weighted by Gasteiger charge is 2.42. The number of thioether (sulfide) groups is 1. The average Bonchev–Trinajstić information content (AvgIpc) is 2.88. The summed E-state index contributed by atoms with van der Waals surface area (Å²) < 4.78 is 5.47. The summed E-state index contributed by atoms with van der Waals surface area (Å²) in [5, 5.41) is 12.2. The first-order valence-corrected chi connectivity index (χ1v) is 8.12. The topological polar surface area (TPSA) is 75.6 Å². The van der Waals surface area contributed by atoms with Gasteiger partial charge < -0.3 is 15.2 Å². The van der Waals surface area contributed by atoms with Gasteiger partial charge in [-0.3, -0.25) is 4.79 Å². The fraction of sp³-hybridized carbons (Fsp3) is 0.714. The van der Waals surface area contributed by atoms with Gasteiger partial charge >= 0.3 is 5.97 Å². The minimum absolute atomic E-state index is 0.291. The predicted octanol–water partition coefficient (Wildman–Crippen LogP) is 2.28. The van der Waals surface area contributed by atoms with Crippen molar-refractivity contribution >= 4 is 23.6 Å². The molecule has 0 atom stereocenters. The normalized spacial score (nSPS) is 21.6. The number of amides is 1. The molecule has 1 heterocycles. The fourth-order valence-electron chi connectivity index (χ4n) is 2.77. The molecule has 0 unspecified atom stereocenters. The zero-order valence-electron chi connectivity index (χ0n) is 11.7. The van der Waals surface area contributed by atoms with E-state index >= 15 is 0 Å². The minimum Gasteiger partial charge on any atom is -0.497 e. The number of carboxylic acids is 1. The number of nitrogens with one attached hydrogen (secondary N) is 1. The van der Waals surface area contributed by atoms with E-state index in [9.17, 15) is 14.7 Å². The first-order valence-electron chi connectivity index (χ1n) is 7.14. The van der Waals surface area contributed by atoms with Crippen molar-refractivity contribution in [3.63, 3.8) is 0 Å². The zero-order chi connectivity index (χ0) is 14.6. The molecular formula is C14H21NO4S. The lowest BCUT2D eigenvalue weighted by atomic mass is 9.81. The van der Waals surface area contributed by atoms with Crippen molar-refractivity contribution in [3.05, 3.63) is 10.7 Å². The van der Waals surface area contributed by atoms with E-state index in [1.807, 2.05) is 6.92 Å². The number of carbonyl (C=O) groups excluding carboxylic acids is 1. The van der Waals surface area contributed by atoms with Crippen molar-refractivity contribution in [3.8, 4) is 0 Å². The Labute approximate surface area is 123 Å². The van der Waals surface area contributed by atoms with Crippen LogP contribution in [0.5, 0.6) is 0 Å². The van der Waals surface area contributed by atoms with E-state index in [-0.39, 0.29) is 5.91 Å². The molecule has 0 spiro atoms. The maximum atomic E-state index is 12.4. The van der Waals surface area contributed by atoms with Gasteiger partial charge in [-0.05, 0) is 19.8 Å². The molecule has 2 rings (SSSR count). The highest BCUT2D eigenvalue weighted by molar-refractivity contribution is 8.04. The second-order valence-electron chi connectivity index (χ2n) is 5.19. The molecule has 1 aliphatic carbocycles. The van der Waals surface area contributed by atoms with Gasteiger partial charge in [0.1, 0.15) is 16.2 Å². The van der Waals surface area contributed by atoms with Crippen LogP contribution in [0.4, 0.5) is 0 Å². The standard InChI is InChI=1S/C14H21NO4S/c1-2-19-10-6-9-20-11(10)12(16)15-14(13(17)18)7-4-3-5-8-14/h2-9H2,1H3,(H,15,16)(H,17,18). The van der Waals surface area contributed by atoms with Gasteiger partial charge in [0, 0.05) is 12.2 Å². The fourth-order valence-corrected chi connectivity index (χ4v) is 3.76. The Bertz CT molecular complexity index is 427. The molecule has 112 valence electrons. The molecule has 6 heteroatoms. The van der Waals surface area contributed by atoms with Crippen LogP contribution < -0.4 is 5.32 Å². The summed E-state index contributed by atoms with van der Waals surface area (Å²) in [7, 11) is 0. The van der Waals surface area contributed by atoms with Gasteiger partial charge in [-0.25, -0.2) is 4.79 Å². The summed E-state index contributed by atoms with van der Waals surface area (Å²) in [6, 6.07) is 0. The van der Waals surface area contributed by atoms with Crippen LogP contribution in [-0.4, -0.2) is 34.9 Å². The number of carboxylic acid groups (broad SMARTS) is 1. The van der Waals surface area contributed by atoms with Crippen LogP contribution in [0.2, 0.25) is 0 Å². The Morgan fingerprint density at radius 2 is 2.05 bits per heavy atom. The summed E-state index contributed by atoms with van der Waals surface area (Å²) >= 11 is 1.45. The van der Waals surface area contributed by atoms with Crippen LogP contribution in [0.3, 0.4) is 0 Å². The number of aliphatic carboxylic acids is 1. The average molecular weight is 299 g/mol. The largest absolute Gasteiger partial charge is 0.497 e. The van der Waals surface area contributed by atoms with Gasteiger partial charge in [-0.1, -0.05) is 19.3 Å². The zero-order valence-corrected chi connectivity index (χ0v) is 12.6. The third kappa shape index (κ3) is 3.11. The Kier molecular flexibility index (Phi) is 4.96. The van der Waals surface area contributed by atoms with Crippen molar-refractivity contribution in [2.24, 2.45) is 0 Å². The minimum atomic E-state index is -1.09. The molecule has 1 saturated carbocycles. The van der Waals surface area contributed by atoms with Crippen LogP contribution in [0, 0.1) is 0 Å². The number of allylic oxidation sites excluding steroid dienone is 1. The van der Waals surface area contributed by atoms with Gasteiger partial charge in [0.2, 0.25) is 0 Å². The Morgan fingerprint density at radius 1 is 1.35 bits per heavy atom. The van der Waals surface area contributed by atoms with Crippen LogP contribution in [0.1, 0.15) is 45.4 Å². The molecule has 1 amide bonds. The molecule has 0 radical (unpaired) electrons. The molecule has 1 fully saturated rings. The van der Waals surface area contributed by atoms with Crippen molar-refractivity contribution < 1.29 is 19.4 Å².